The number of sulfone groups is 1. The summed E-state index contributed by atoms with van der Waals surface area (Å²) in [7, 11) is -3.68. The molecule has 1 aliphatic heterocycles. The van der Waals surface area contributed by atoms with Crippen LogP contribution in [-0.2, 0) is 9.84 Å². The van der Waals surface area contributed by atoms with Crippen molar-refractivity contribution in [2.75, 3.05) is 11.1 Å². The highest BCUT2D eigenvalue weighted by Crippen LogP contribution is 2.38. The van der Waals surface area contributed by atoms with Crippen molar-refractivity contribution >= 4 is 38.9 Å². The number of nitrogens with one attached hydrogen (secondary N) is 1. The Hall–Kier alpha value is -2.52. The van der Waals surface area contributed by atoms with Gasteiger partial charge >= 0.3 is 0 Å². The van der Waals surface area contributed by atoms with E-state index in [1.165, 1.54) is 30.5 Å². The van der Waals surface area contributed by atoms with Gasteiger partial charge in [-0.2, -0.15) is 0 Å². The Morgan fingerprint density at radius 3 is 2.65 bits per heavy atom. The van der Waals surface area contributed by atoms with Gasteiger partial charge in [0.25, 0.3) is 5.91 Å². The number of benzene rings is 1. The molecule has 2 heterocycles. The average molecular weight is 467 g/mol. The monoisotopic (exact) mass is 466 g/mol. The lowest BCUT2D eigenvalue weighted by Crippen LogP contribution is -2.54. The van der Waals surface area contributed by atoms with E-state index in [1.807, 2.05) is 6.92 Å². The van der Waals surface area contributed by atoms with Crippen LogP contribution in [0.5, 0.6) is 0 Å². The standard InChI is InChI=1S/C21H24ClFN4O3S/c1-3-9-21(4-2)20(24)27-18(12-31(21,29)30)15-10-14(6-7-16(15)23)26-19(28)17-8-5-13(22)11-25-17/h5-8,10-11,18H,3-4,9,12H2,1-2H3,(H2,24,27)(H,26,28). The predicted molar refractivity (Wildman–Crippen MR) is 120 cm³/mol. The molecule has 7 nitrogen and oxygen atoms in total. The van der Waals surface area contributed by atoms with Crippen molar-refractivity contribution in [3.05, 3.63) is 58.6 Å². The lowest BCUT2D eigenvalue weighted by Gasteiger charge is -2.37. The molecule has 0 spiro atoms. The zero-order chi connectivity index (χ0) is 22.8. The molecule has 2 atom stereocenters. The van der Waals surface area contributed by atoms with Gasteiger partial charge in [0, 0.05) is 17.4 Å². The quantitative estimate of drug-likeness (QED) is 0.669. The van der Waals surface area contributed by atoms with Crippen LogP contribution in [-0.4, -0.2) is 35.6 Å². The van der Waals surface area contributed by atoms with Crippen molar-refractivity contribution in [1.29, 1.82) is 0 Å². The smallest absolute Gasteiger partial charge is 0.274 e. The number of pyridine rings is 1. The fraction of sp³-hybridized carbons (Fsp3) is 0.381. The number of carbonyl (C=O) groups is 1. The van der Waals surface area contributed by atoms with E-state index >= 15 is 0 Å². The van der Waals surface area contributed by atoms with Crippen LogP contribution in [0.4, 0.5) is 10.1 Å². The maximum absolute atomic E-state index is 14.6. The molecule has 2 aromatic rings. The number of hydrogen-bond acceptors (Lipinski definition) is 6. The number of nitrogens with zero attached hydrogens (tertiary/aromatic N) is 2. The molecule has 3 rings (SSSR count). The Balaban J connectivity index is 1.93. The molecule has 0 bridgehead atoms. The molecule has 3 N–H and O–H groups in total. The number of aromatic nitrogens is 1. The Kier molecular flexibility index (Phi) is 6.66. The van der Waals surface area contributed by atoms with Crippen LogP contribution < -0.4 is 11.1 Å². The second-order valence-electron chi connectivity index (χ2n) is 7.46. The zero-order valence-electron chi connectivity index (χ0n) is 17.2. The molecule has 1 aromatic carbocycles. The van der Waals surface area contributed by atoms with Crippen molar-refractivity contribution in [2.24, 2.45) is 10.7 Å². The minimum Gasteiger partial charge on any atom is -0.386 e. The van der Waals surface area contributed by atoms with Gasteiger partial charge in [-0.1, -0.05) is 31.9 Å². The molecular weight excluding hydrogens is 443 g/mol. The zero-order valence-corrected chi connectivity index (χ0v) is 18.8. The van der Waals surface area contributed by atoms with E-state index in [-0.39, 0.29) is 28.5 Å². The molecule has 1 aliphatic rings. The van der Waals surface area contributed by atoms with E-state index in [1.54, 1.807) is 6.92 Å². The highest BCUT2D eigenvalue weighted by Gasteiger charge is 2.49. The molecule has 0 radical (unpaired) electrons. The number of amidine groups is 1. The largest absolute Gasteiger partial charge is 0.386 e. The Labute approximate surface area is 185 Å². The maximum atomic E-state index is 14.6. The minimum absolute atomic E-state index is 0.00676. The number of anilines is 1. The Morgan fingerprint density at radius 2 is 2.06 bits per heavy atom. The lowest BCUT2D eigenvalue weighted by atomic mass is 9.97. The topological polar surface area (TPSA) is 115 Å². The Morgan fingerprint density at radius 1 is 1.32 bits per heavy atom. The first-order valence-corrected chi connectivity index (χ1v) is 11.9. The van der Waals surface area contributed by atoms with Crippen LogP contribution >= 0.6 is 11.6 Å². The third kappa shape index (κ3) is 4.43. The summed E-state index contributed by atoms with van der Waals surface area (Å²) in [5, 5.41) is 3.01. The van der Waals surface area contributed by atoms with E-state index < -0.39 is 32.4 Å². The summed E-state index contributed by atoms with van der Waals surface area (Å²) in [5.74, 6) is -1.48. The van der Waals surface area contributed by atoms with Crippen LogP contribution in [0.25, 0.3) is 0 Å². The van der Waals surface area contributed by atoms with Crippen molar-refractivity contribution in [1.82, 2.24) is 4.98 Å². The summed E-state index contributed by atoms with van der Waals surface area (Å²) >= 11 is 5.78. The molecule has 0 saturated carbocycles. The summed E-state index contributed by atoms with van der Waals surface area (Å²) < 4.78 is 39.7. The normalized spacial score (nSPS) is 22.6. The molecule has 0 aliphatic carbocycles. The Bertz CT molecular complexity index is 1120. The summed E-state index contributed by atoms with van der Waals surface area (Å²) in [6.45, 7) is 3.64. The SMILES string of the molecule is CCCC1(CC)C(N)=NC(c2cc(NC(=O)c3ccc(Cl)cn3)ccc2F)CS1(=O)=O. The van der Waals surface area contributed by atoms with Gasteiger partial charge in [0.2, 0.25) is 0 Å². The molecule has 1 amide bonds. The van der Waals surface area contributed by atoms with Crippen LogP contribution in [0.3, 0.4) is 0 Å². The molecule has 31 heavy (non-hydrogen) atoms. The number of halogens is 2. The third-order valence-corrected chi connectivity index (χ3v) is 8.40. The second kappa shape index (κ2) is 8.92. The second-order valence-corrected chi connectivity index (χ2v) is 10.2. The number of aliphatic imine (C=N–C) groups is 1. The van der Waals surface area contributed by atoms with Crippen LogP contribution in [0.1, 0.15) is 55.2 Å². The third-order valence-electron chi connectivity index (χ3n) is 5.53. The summed E-state index contributed by atoms with van der Waals surface area (Å²) in [6.07, 6.45) is 2.63. The van der Waals surface area contributed by atoms with E-state index in [4.69, 9.17) is 17.3 Å². The highest BCUT2D eigenvalue weighted by molar-refractivity contribution is 7.93. The van der Waals surface area contributed by atoms with Crippen molar-refractivity contribution in [2.45, 2.75) is 43.9 Å². The van der Waals surface area contributed by atoms with Crippen LogP contribution in [0, 0.1) is 5.82 Å². The van der Waals surface area contributed by atoms with E-state index in [2.05, 4.69) is 15.3 Å². The van der Waals surface area contributed by atoms with Crippen molar-refractivity contribution in [3.63, 3.8) is 0 Å². The van der Waals surface area contributed by atoms with Gasteiger partial charge in [-0.3, -0.25) is 9.79 Å². The number of hydrogen-bond donors (Lipinski definition) is 2. The van der Waals surface area contributed by atoms with Crippen LogP contribution in [0.2, 0.25) is 5.02 Å². The fourth-order valence-corrected chi connectivity index (χ4v) is 6.28. The van der Waals surface area contributed by atoms with Gasteiger partial charge in [0.1, 0.15) is 22.1 Å². The molecule has 1 aromatic heterocycles. The number of nitrogens with two attached hydrogens (primary N) is 1. The minimum atomic E-state index is -3.68. The summed E-state index contributed by atoms with van der Waals surface area (Å²) in [5.41, 5.74) is 6.59. The van der Waals surface area contributed by atoms with E-state index in [0.29, 0.717) is 24.3 Å². The molecule has 10 heteroatoms. The average Bonchev–Trinajstić information content (AvgIpc) is 2.72. The molecule has 2 unspecified atom stereocenters. The fourth-order valence-electron chi connectivity index (χ4n) is 3.86. The van der Waals surface area contributed by atoms with Gasteiger partial charge in [-0.05, 0) is 43.2 Å². The molecule has 0 fully saturated rings. The van der Waals surface area contributed by atoms with Crippen molar-refractivity contribution < 1.29 is 17.6 Å². The van der Waals surface area contributed by atoms with Gasteiger partial charge in [-0.15, -0.1) is 0 Å². The molecule has 166 valence electrons. The predicted octanol–water partition coefficient (Wildman–Crippen LogP) is 3.90. The first-order chi connectivity index (χ1) is 14.6. The molecular formula is C21H24ClFN4O3S. The van der Waals surface area contributed by atoms with Gasteiger partial charge in [-0.25, -0.2) is 17.8 Å². The highest BCUT2D eigenvalue weighted by atomic mass is 35.5. The van der Waals surface area contributed by atoms with Gasteiger partial charge in [0.05, 0.1) is 16.8 Å². The number of amides is 1. The number of carbonyl (C=O) groups excluding carboxylic acids is 1. The first-order valence-electron chi connectivity index (χ1n) is 9.92. The summed E-state index contributed by atoms with van der Waals surface area (Å²) in [4.78, 5) is 20.7. The van der Waals surface area contributed by atoms with E-state index in [9.17, 15) is 17.6 Å². The van der Waals surface area contributed by atoms with Gasteiger partial charge in [0.15, 0.2) is 9.84 Å². The summed E-state index contributed by atoms with van der Waals surface area (Å²) in [6, 6.07) is 5.90. The lowest BCUT2D eigenvalue weighted by molar-refractivity contribution is 0.102. The number of rotatable bonds is 6. The van der Waals surface area contributed by atoms with Crippen molar-refractivity contribution in [3.8, 4) is 0 Å². The maximum Gasteiger partial charge on any atom is 0.274 e. The van der Waals surface area contributed by atoms with E-state index in [0.717, 1.165) is 6.07 Å². The first kappa shape index (κ1) is 23.1. The van der Waals surface area contributed by atoms with Crippen LogP contribution in [0.15, 0.2) is 41.5 Å². The molecule has 0 saturated heterocycles. The van der Waals surface area contributed by atoms with Gasteiger partial charge < -0.3 is 11.1 Å².